The van der Waals surface area contributed by atoms with Crippen LogP contribution in [0.3, 0.4) is 0 Å². The van der Waals surface area contributed by atoms with Crippen molar-refractivity contribution in [2.24, 2.45) is 16.1 Å². The highest BCUT2D eigenvalue weighted by molar-refractivity contribution is 4.83. The lowest BCUT2D eigenvalue weighted by Crippen LogP contribution is -1.94. The molecule has 1 rings (SSSR count). The third-order valence-electron chi connectivity index (χ3n) is 1.19. The Morgan fingerprint density at radius 2 is 2.50 bits per heavy atom. The number of rotatable bonds is 0. The molecule has 2 heteroatoms. The molecule has 1 heterocycles. The molecule has 0 saturated heterocycles. The molecule has 0 aliphatic carbocycles. The molecule has 0 aromatic heterocycles. The van der Waals surface area contributed by atoms with Gasteiger partial charge in [0, 0.05) is 6.20 Å². The van der Waals surface area contributed by atoms with Crippen molar-refractivity contribution in [1.29, 1.82) is 0 Å². The zero-order valence-electron chi connectivity index (χ0n) is 5.04. The van der Waals surface area contributed by atoms with Crippen molar-refractivity contribution in [3.63, 3.8) is 0 Å². The van der Waals surface area contributed by atoms with Crippen LogP contribution in [-0.4, -0.2) is 6.54 Å². The highest BCUT2D eigenvalue weighted by Gasteiger charge is 1.98. The first-order valence-corrected chi connectivity index (χ1v) is 2.91. The van der Waals surface area contributed by atoms with Crippen LogP contribution in [0.2, 0.25) is 0 Å². The molecule has 0 aromatic carbocycles. The zero-order valence-corrected chi connectivity index (χ0v) is 5.04. The molecule has 1 unspecified atom stereocenters. The molecule has 8 heavy (non-hydrogen) atoms. The first-order chi connectivity index (χ1) is 3.89. The molecule has 0 fully saturated rings. The molecule has 1 aliphatic heterocycles. The van der Waals surface area contributed by atoms with Crippen LogP contribution >= 0.6 is 0 Å². The van der Waals surface area contributed by atoms with Crippen LogP contribution in [-0.2, 0) is 0 Å². The van der Waals surface area contributed by atoms with Gasteiger partial charge in [0.2, 0.25) is 0 Å². The summed E-state index contributed by atoms with van der Waals surface area (Å²) < 4.78 is 0. The summed E-state index contributed by atoms with van der Waals surface area (Å²) in [5, 5.41) is 7.66. The van der Waals surface area contributed by atoms with Gasteiger partial charge in [-0.2, -0.15) is 10.2 Å². The van der Waals surface area contributed by atoms with E-state index in [4.69, 9.17) is 0 Å². The molecule has 44 valence electrons. The van der Waals surface area contributed by atoms with Crippen LogP contribution in [0.15, 0.2) is 22.5 Å². The minimum absolute atomic E-state index is 0.678. The van der Waals surface area contributed by atoms with E-state index in [1.807, 2.05) is 0 Å². The molecular formula is C6H10N2. The highest BCUT2D eigenvalue weighted by Crippen LogP contribution is 2.06. The summed E-state index contributed by atoms with van der Waals surface area (Å²) in [6.45, 7) is 3.06. The minimum Gasteiger partial charge on any atom is -0.189 e. The first kappa shape index (κ1) is 5.48. The van der Waals surface area contributed by atoms with Gasteiger partial charge in [-0.1, -0.05) is 13.0 Å². The predicted molar refractivity (Wildman–Crippen MR) is 32.6 cm³/mol. The van der Waals surface area contributed by atoms with Gasteiger partial charge in [-0.25, -0.2) is 0 Å². The van der Waals surface area contributed by atoms with Crippen LogP contribution in [0.25, 0.3) is 0 Å². The Labute approximate surface area is 49.3 Å². The van der Waals surface area contributed by atoms with Crippen molar-refractivity contribution in [2.45, 2.75) is 13.3 Å². The fraction of sp³-hybridized carbons (Fsp3) is 0.667. The molecule has 0 N–H and O–H groups in total. The molecule has 0 aromatic rings. The normalized spacial score (nSPS) is 27.9. The van der Waals surface area contributed by atoms with E-state index in [1.165, 1.54) is 0 Å². The van der Waals surface area contributed by atoms with Gasteiger partial charge in [-0.05, 0) is 12.3 Å². The lowest BCUT2D eigenvalue weighted by Gasteiger charge is -1.97. The van der Waals surface area contributed by atoms with E-state index < -0.39 is 0 Å². The van der Waals surface area contributed by atoms with Crippen LogP contribution in [0.5, 0.6) is 0 Å². The van der Waals surface area contributed by atoms with Crippen molar-refractivity contribution in [2.75, 3.05) is 6.54 Å². The summed E-state index contributed by atoms with van der Waals surface area (Å²) >= 11 is 0. The van der Waals surface area contributed by atoms with Gasteiger partial charge >= 0.3 is 0 Å². The van der Waals surface area contributed by atoms with Crippen LogP contribution < -0.4 is 0 Å². The Hall–Kier alpha value is -0.660. The summed E-state index contributed by atoms with van der Waals surface area (Å²) in [5.41, 5.74) is 0. The van der Waals surface area contributed by atoms with Gasteiger partial charge < -0.3 is 0 Å². The SMILES string of the molecule is CC1CC=CN=NC1. The number of allylic oxidation sites excluding steroid dienone is 1. The smallest absolute Gasteiger partial charge is 0.0631 e. The lowest BCUT2D eigenvalue weighted by molar-refractivity contribution is 0.603. The number of nitrogens with zero attached hydrogens (tertiary/aromatic N) is 2. The van der Waals surface area contributed by atoms with E-state index in [2.05, 4.69) is 23.2 Å². The van der Waals surface area contributed by atoms with E-state index in [0.717, 1.165) is 13.0 Å². The predicted octanol–water partition coefficient (Wildman–Crippen LogP) is 1.99. The van der Waals surface area contributed by atoms with E-state index >= 15 is 0 Å². The van der Waals surface area contributed by atoms with Crippen molar-refractivity contribution in [3.05, 3.63) is 12.3 Å². The molecule has 1 aliphatic rings. The van der Waals surface area contributed by atoms with E-state index in [9.17, 15) is 0 Å². The standard InChI is InChI=1S/C6H10N2/c1-6-3-2-4-7-8-5-6/h2,4,6H,3,5H2,1H3. The molecule has 0 bridgehead atoms. The van der Waals surface area contributed by atoms with Gasteiger partial charge in [0.05, 0.1) is 6.54 Å². The Bertz CT molecular complexity index is 102. The van der Waals surface area contributed by atoms with Gasteiger partial charge in [0.1, 0.15) is 0 Å². The van der Waals surface area contributed by atoms with E-state index in [-0.39, 0.29) is 0 Å². The molecule has 0 spiro atoms. The largest absolute Gasteiger partial charge is 0.189 e. The average Bonchev–Trinajstić information content (AvgIpc) is 1.94. The maximum atomic E-state index is 3.89. The van der Waals surface area contributed by atoms with Crippen LogP contribution in [0.1, 0.15) is 13.3 Å². The monoisotopic (exact) mass is 110 g/mol. The Morgan fingerprint density at radius 3 is 3.38 bits per heavy atom. The van der Waals surface area contributed by atoms with Gasteiger partial charge in [0.15, 0.2) is 0 Å². The van der Waals surface area contributed by atoms with Gasteiger partial charge in [-0.3, -0.25) is 0 Å². The average molecular weight is 110 g/mol. The number of azo groups is 1. The van der Waals surface area contributed by atoms with Crippen LogP contribution in [0, 0.1) is 5.92 Å². The van der Waals surface area contributed by atoms with Crippen molar-refractivity contribution < 1.29 is 0 Å². The highest BCUT2D eigenvalue weighted by atomic mass is 15.1. The van der Waals surface area contributed by atoms with Gasteiger partial charge in [0.25, 0.3) is 0 Å². The second kappa shape index (κ2) is 2.60. The van der Waals surface area contributed by atoms with E-state index in [0.29, 0.717) is 5.92 Å². The number of hydrogen-bond acceptors (Lipinski definition) is 2. The lowest BCUT2D eigenvalue weighted by atomic mass is 10.1. The quantitative estimate of drug-likeness (QED) is 0.455. The molecule has 0 saturated carbocycles. The Kier molecular flexibility index (Phi) is 1.78. The molecule has 2 nitrogen and oxygen atoms in total. The van der Waals surface area contributed by atoms with Crippen molar-refractivity contribution in [1.82, 2.24) is 0 Å². The number of hydrogen-bond donors (Lipinski definition) is 0. The third kappa shape index (κ3) is 1.45. The Morgan fingerprint density at radius 1 is 1.62 bits per heavy atom. The summed E-state index contributed by atoms with van der Waals surface area (Å²) in [7, 11) is 0. The van der Waals surface area contributed by atoms with Crippen molar-refractivity contribution >= 4 is 0 Å². The third-order valence-corrected chi connectivity index (χ3v) is 1.19. The van der Waals surface area contributed by atoms with Crippen LogP contribution in [0.4, 0.5) is 0 Å². The minimum atomic E-state index is 0.678. The summed E-state index contributed by atoms with van der Waals surface area (Å²) in [6, 6.07) is 0. The maximum absolute atomic E-state index is 3.89. The maximum Gasteiger partial charge on any atom is 0.0631 e. The second-order valence-electron chi connectivity index (χ2n) is 2.17. The first-order valence-electron chi connectivity index (χ1n) is 2.91. The topological polar surface area (TPSA) is 24.7 Å². The summed E-state index contributed by atoms with van der Waals surface area (Å²) in [6.07, 6.45) is 4.94. The fourth-order valence-corrected chi connectivity index (χ4v) is 0.649. The molecule has 0 amide bonds. The molecule has 0 radical (unpaired) electrons. The molecular weight excluding hydrogens is 100 g/mol. The van der Waals surface area contributed by atoms with Crippen molar-refractivity contribution in [3.8, 4) is 0 Å². The summed E-state index contributed by atoms with van der Waals surface area (Å²) in [4.78, 5) is 0. The Balaban J connectivity index is 2.45. The second-order valence-corrected chi connectivity index (χ2v) is 2.17. The van der Waals surface area contributed by atoms with Gasteiger partial charge in [-0.15, -0.1) is 0 Å². The van der Waals surface area contributed by atoms with E-state index in [1.54, 1.807) is 6.20 Å². The molecule has 1 atom stereocenters. The fourth-order valence-electron chi connectivity index (χ4n) is 0.649. The zero-order chi connectivity index (χ0) is 5.82. The summed E-state index contributed by atoms with van der Waals surface area (Å²) in [5.74, 6) is 0.678.